The summed E-state index contributed by atoms with van der Waals surface area (Å²) in [6.07, 6.45) is 0. The van der Waals surface area contributed by atoms with Gasteiger partial charge in [-0.2, -0.15) is 0 Å². The van der Waals surface area contributed by atoms with Gasteiger partial charge in [0.1, 0.15) is 11.3 Å². The van der Waals surface area contributed by atoms with Crippen molar-refractivity contribution < 1.29 is 9.18 Å². The Bertz CT molecular complexity index is 1340. The molecule has 164 valence electrons. The topological polar surface area (TPSA) is 79.8 Å². The van der Waals surface area contributed by atoms with E-state index < -0.39 is 5.82 Å². The number of thioether (sulfide) groups is 1. The number of fused-ring (bicyclic) bond motifs is 1. The number of aryl methyl sites for hydroxylation is 1. The van der Waals surface area contributed by atoms with E-state index in [-0.39, 0.29) is 17.2 Å². The van der Waals surface area contributed by atoms with Crippen LogP contribution in [0.1, 0.15) is 31.0 Å². The third kappa shape index (κ3) is 4.60. The van der Waals surface area contributed by atoms with Crippen LogP contribution in [0.2, 0.25) is 0 Å². The highest BCUT2D eigenvalue weighted by atomic mass is 32.2. The van der Waals surface area contributed by atoms with E-state index in [2.05, 4.69) is 29.1 Å². The Morgan fingerprint density at radius 3 is 2.66 bits per heavy atom. The van der Waals surface area contributed by atoms with Crippen molar-refractivity contribution in [3.63, 3.8) is 0 Å². The SMILES string of the molecule is Cc1cc2nc(SCC(=O)Nc3cccc(C(C)C)c3)n(-c3ccc(F)cc3)c(=O)c2[nH]1. The molecule has 2 heterocycles. The molecule has 0 saturated carbocycles. The second-order valence-corrected chi connectivity index (χ2v) is 8.78. The van der Waals surface area contributed by atoms with Gasteiger partial charge in [-0.3, -0.25) is 14.2 Å². The molecule has 0 aliphatic carbocycles. The lowest BCUT2D eigenvalue weighted by molar-refractivity contribution is -0.113. The number of aromatic amines is 1. The summed E-state index contributed by atoms with van der Waals surface area (Å²) in [6, 6.07) is 15.1. The van der Waals surface area contributed by atoms with Crippen LogP contribution in [0.4, 0.5) is 10.1 Å². The van der Waals surface area contributed by atoms with Crippen LogP contribution in [0.5, 0.6) is 0 Å². The van der Waals surface area contributed by atoms with Crippen molar-refractivity contribution in [3.05, 3.63) is 82.0 Å². The number of hydrogen-bond donors (Lipinski definition) is 2. The van der Waals surface area contributed by atoms with Gasteiger partial charge < -0.3 is 10.3 Å². The van der Waals surface area contributed by atoms with E-state index in [1.165, 1.54) is 28.8 Å². The minimum atomic E-state index is -0.399. The van der Waals surface area contributed by atoms with E-state index in [1.54, 1.807) is 6.07 Å². The number of nitrogens with zero attached hydrogens (tertiary/aromatic N) is 2. The molecule has 0 unspecified atom stereocenters. The number of rotatable bonds is 6. The van der Waals surface area contributed by atoms with Gasteiger partial charge >= 0.3 is 0 Å². The minimum Gasteiger partial charge on any atom is -0.353 e. The van der Waals surface area contributed by atoms with Crippen LogP contribution >= 0.6 is 11.8 Å². The van der Waals surface area contributed by atoms with Gasteiger partial charge in [0.25, 0.3) is 5.56 Å². The molecule has 0 fully saturated rings. The number of hydrogen-bond acceptors (Lipinski definition) is 4. The zero-order chi connectivity index (χ0) is 22.8. The van der Waals surface area contributed by atoms with E-state index >= 15 is 0 Å². The van der Waals surface area contributed by atoms with Gasteiger partial charge in [0.05, 0.1) is 17.0 Å². The van der Waals surface area contributed by atoms with E-state index in [0.717, 1.165) is 28.7 Å². The fourth-order valence-corrected chi connectivity index (χ4v) is 4.21. The summed E-state index contributed by atoms with van der Waals surface area (Å²) in [5.41, 5.74) is 3.73. The third-order valence-electron chi connectivity index (χ3n) is 5.01. The molecule has 0 saturated heterocycles. The van der Waals surface area contributed by atoms with Gasteiger partial charge in [-0.15, -0.1) is 0 Å². The molecule has 1 amide bonds. The number of anilines is 1. The van der Waals surface area contributed by atoms with Crippen LogP contribution in [0.3, 0.4) is 0 Å². The maximum absolute atomic E-state index is 13.4. The van der Waals surface area contributed by atoms with Crippen molar-refractivity contribution >= 4 is 34.4 Å². The van der Waals surface area contributed by atoms with Crippen LogP contribution in [0.15, 0.2) is 64.5 Å². The predicted molar refractivity (Wildman–Crippen MR) is 126 cm³/mol. The molecule has 0 spiro atoms. The lowest BCUT2D eigenvalue weighted by Gasteiger charge is -2.12. The Morgan fingerprint density at radius 2 is 1.94 bits per heavy atom. The summed E-state index contributed by atoms with van der Waals surface area (Å²) < 4.78 is 14.8. The Hall–Kier alpha value is -3.39. The molecule has 0 bridgehead atoms. The molecule has 6 nitrogen and oxygen atoms in total. The molecule has 4 aromatic rings. The fraction of sp³-hybridized carbons (Fsp3) is 0.208. The molecule has 2 aromatic heterocycles. The monoisotopic (exact) mass is 450 g/mol. The van der Waals surface area contributed by atoms with Gasteiger partial charge in [0.15, 0.2) is 5.16 Å². The number of halogens is 1. The summed E-state index contributed by atoms with van der Waals surface area (Å²) in [6.45, 7) is 6.03. The summed E-state index contributed by atoms with van der Waals surface area (Å²) in [4.78, 5) is 33.4. The standard InChI is InChI=1S/C24H23FN4O2S/c1-14(2)16-5-4-6-18(12-16)27-21(30)13-32-24-28-20-11-15(3)26-22(20)23(31)29(24)19-9-7-17(25)8-10-19/h4-12,14,26H,13H2,1-3H3,(H,27,30). The molecular formula is C24H23FN4O2S. The van der Waals surface area contributed by atoms with Crippen molar-refractivity contribution in [2.75, 3.05) is 11.1 Å². The Kier molecular flexibility index (Phi) is 6.14. The molecule has 4 rings (SSSR count). The first-order valence-electron chi connectivity index (χ1n) is 10.2. The first-order valence-corrected chi connectivity index (χ1v) is 11.2. The Morgan fingerprint density at radius 1 is 1.19 bits per heavy atom. The highest BCUT2D eigenvalue weighted by Crippen LogP contribution is 2.23. The van der Waals surface area contributed by atoms with E-state index in [0.29, 0.717) is 27.8 Å². The second-order valence-electron chi connectivity index (χ2n) is 7.84. The largest absolute Gasteiger partial charge is 0.353 e. The first kappa shape index (κ1) is 21.8. The summed E-state index contributed by atoms with van der Waals surface area (Å²) in [7, 11) is 0. The fourth-order valence-electron chi connectivity index (χ4n) is 3.39. The third-order valence-corrected chi connectivity index (χ3v) is 5.95. The van der Waals surface area contributed by atoms with Crippen LogP contribution in [-0.4, -0.2) is 26.2 Å². The summed E-state index contributed by atoms with van der Waals surface area (Å²) >= 11 is 1.15. The van der Waals surface area contributed by atoms with Crippen LogP contribution in [0.25, 0.3) is 16.7 Å². The molecule has 32 heavy (non-hydrogen) atoms. The van der Waals surface area contributed by atoms with Gasteiger partial charge in [0.2, 0.25) is 5.91 Å². The molecular weight excluding hydrogens is 427 g/mol. The molecule has 2 N–H and O–H groups in total. The zero-order valence-electron chi connectivity index (χ0n) is 18.0. The van der Waals surface area contributed by atoms with Crippen molar-refractivity contribution in [1.82, 2.24) is 14.5 Å². The average Bonchev–Trinajstić information content (AvgIpc) is 3.14. The van der Waals surface area contributed by atoms with Gasteiger partial charge in [0, 0.05) is 11.4 Å². The number of aromatic nitrogens is 3. The van der Waals surface area contributed by atoms with Crippen molar-refractivity contribution in [2.45, 2.75) is 31.8 Å². The molecule has 0 aliphatic rings. The predicted octanol–water partition coefficient (Wildman–Crippen LogP) is 5.02. The van der Waals surface area contributed by atoms with E-state index in [4.69, 9.17) is 0 Å². The van der Waals surface area contributed by atoms with Crippen LogP contribution < -0.4 is 10.9 Å². The van der Waals surface area contributed by atoms with Gasteiger partial charge in [-0.1, -0.05) is 37.7 Å². The van der Waals surface area contributed by atoms with Crippen molar-refractivity contribution in [2.24, 2.45) is 0 Å². The van der Waals surface area contributed by atoms with Gasteiger partial charge in [-0.25, -0.2) is 9.37 Å². The lowest BCUT2D eigenvalue weighted by atomic mass is 10.0. The number of H-pyrrole nitrogens is 1. The smallest absolute Gasteiger partial charge is 0.283 e. The Balaban J connectivity index is 1.62. The zero-order valence-corrected chi connectivity index (χ0v) is 18.8. The van der Waals surface area contributed by atoms with Crippen molar-refractivity contribution in [1.29, 1.82) is 0 Å². The number of nitrogens with one attached hydrogen (secondary N) is 2. The first-order chi connectivity index (χ1) is 15.3. The van der Waals surface area contributed by atoms with Crippen molar-refractivity contribution in [3.8, 4) is 5.69 Å². The maximum Gasteiger partial charge on any atom is 0.283 e. The van der Waals surface area contributed by atoms with Gasteiger partial charge in [-0.05, 0) is 60.9 Å². The number of amides is 1. The Labute approximate surface area is 188 Å². The van der Waals surface area contributed by atoms with E-state index in [9.17, 15) is 14.0 Å². The number of carbonyl (C=O) groups excluding carboxylic acids is 1. The molecule has 2 aromatic carbocycles. The highest BCUT2D eigenvalue weighted by molar-refractivity contribution is 7.99. The molecule has 0 atom stereocenters. The maximum atomic E-state index is 13.4. The minimum absolute atomic E-state index is 0.0639. The summed E-state index contributed by atoms with van der Waals surface area (Å²) in [5.74, 6) is -0.189. The molecule has 8 heteroatoms. The highest BCUT2D eigenvalue weighted by Gasteiger charge is 2.16. The summed E-state index contributed by atoms with van der Waals surface area (Å²) in [5, 5.41) is 3.26. The normalized spacial score (nSPS) is 11.3. The van der Waals surface area contributed by atoms with Crippen LogP contribution in [-0.2, 0) is 4.79 Å². The van der Waals surface area contributed by atoms with Crippen LogP contribution in [0, 0.1) is 12.7 Å². The number of carbonyl (C=O) groups is 1. The average molecular weight is 451 g/mol. The second kappa shape index (κ2) is 9.00. The lowest BCUT2D eigenvalue weighted by Crippen LogP contribution is -2.23. The quantitative estimate of drug-likeness (QED) is 0.319. The molecule has 0 aliphatic heterocycles. The van der Waals surface area contributed by atoms with E-state index in [1.807, 2.05) is 31.2 Å². The molecule has 0 radical (unpaired) electrons. The number of benzene rings is 2.